The number of aliphatic hydroxyl groups is 1. The van der Waals surface area contributed by atoms with Crippen LogP contribution in [0.15, 0.2) is 18.2 Å². The first-order chi connectivity index (χ1) is 9.13. The predicted molar refractivity (Wildman–Crippen MR) is 69.6 cm³/mol. The average Bonchev–Trinajstić information content (AvgIpc) is 3.07. The molecule has 3 rings (SSSR count). The lowest BCUT2D eigenvalue weighted by atomic mass is 10.3. The fraction of sp³-hybridized carbons (Fsp3) is 0.333. The maximum atomic E-state index is 12.1. The van der Waals surface area contributed by atoms with Crippen LogP contribution >= 0.6 is 11.3 Å². The molecule has 6 nitrogen and oxygen atoms in total. The number of thiophene rings is 1. The van der Waals surface area contributed by atoms with Crippen LogP contribution in [0.1, 0.15) is 15.4 Å². The van der Waals surface area contributed by atoms with Crippen LogP contribution in [-0.2, 0) is 4.84 Å². The van der Waals surface area contributed by atoms with E-state index in [0.717, 1.165) is 15.6 Å². The Kier molecular flexibility index (Phi) is 3.09. The van der Waals surface area contributed by atoms with Crippen molar-refractivity contribution in [1.82, 2.24) is 15.3 Å². The van der Waals surface area contributed by atoms with E-state index in [1.807, 2.05) is 19.1 Å². The molecule has 2 aromatic heterocycles. The van der Waals surface area contributed by atoms with Crippen LogP contribution in [0.5, 0.6) is 0 Å². The van der Waals surface area contributed by atoms with Crippen molar-refractivity contribution in [2.75, 3.05) is 13.2 Å². The SMILES string of the molecule is Cc1ccc(-c2cc(C(=O)N3CC(O)CO3)n[nH]2)s1. The van der Waals surface area contributed by atoms with Gasteiger partial charge in [0, 0.05) is 4.88 Å². The topological polar surface area (TPSA) is 78.5 Å². The highest BCUT2D eigenvalue weighted by Gasteiger charge is 2.28. The lowest BCUT2D eigenvalue weighted by Gasteiger charge is -2.11. The molecule has 0 spiro atoms. The minimum Gasteiger partial charge on any atom is -0.389 e. The number of carbonyl (C=O) groups is 1. The summed E-state index contributed by atoms with van der Waals surface area (Å²) < 4.78 is 0. The summed E-state index contributed by atoms with van der Waals surface area (Å²) in [6.45, 7) is 2.35. The number of aromatic amines is 1. The van der Waals surface area contributed by atoms with E-state index in [0.29, 0.717) is 0 Å². The second-order valence-electron chi connectivity index (χ2n) is 4.39. The standard InChI is InChI=1S/C12H13N3O3S/c1-7-2-3-11(19-7)9-4-10(14-13-9)12(17)15-5-8(16)6-18-15/h2-4,8,16H,5-6H2,1H3,(H,13,14). The van der Waals surface area contributed by atoms with Crippen LogP contribution < -0.4 is 0 Å². The van der Waals surface area contributed by atoms with Gasteiger partial charge in [0.05, 0.1) is 17.1 Å². The Hall–Kier alpha value is -1.70. The fourth-order valence-corrected chi connectivity index (χ4v) is 2.71. The number of amides is 1. The van der Waals surface area contributed by atoms with Gasteiger partial charge < -0.3 is 5.11 Å². The first-order valence-corrected chi connectivity index (χ1v) is 6.70. The molecule has 0 aliphatic carbocycles. The van der Waals surface area contributed by atoms with Crippen molar-refractivity contribution < 1.29 is 14.7 Å². The number of hydroxylamine groups is 2. The van der Waals surface area contributed by atoms with E-state index in [-0.39, 0.29) is 24.8 Å². The molecule has 2 N–H and O–H groups in total. The zero-order valence-corrected chi connectivity index (χ0v) is 11.1. The van der Waals surface area contributed by atoms with Gasteiger partial charge in [-0.1, -0.05) is 0 Å². The van der Waals surface area contributed by atoms with E-state index in [1.165, 1.54) is 4.88 Å². The molecule has 1 saturated heterocycles. The van der Waals surface area contributed by atoms with Crippen molar-refractivity contribution in [2.24, 2.45) is 0 Å². The Bertz CT molecular complexity index is 607. The van der Waals surface area contributed by atoms with E-state index in [2.05, 4.69) is 10.2 Å². The molecule has 2 aromatic rings. The largest absolute Gasteiger partial charge is 0.389 e. The third kappa shape index (κ3) is 2.40. The first-order valence-electron chi connectivity index (χ1n) is 5.88. The number of aliphatic hydroxyl groups excluding tert-OH is 1. The Morgan fingerprint density at radius 1 is 1.63 bits per heavy atom. The molecule has 1 fully saturated rings. The number of aryl methyl sites for hydroxylation is 1. The van der Waals surface area contributed by atoms with Gasteiger partial charge in [-0.25, -0.2) is 5.06 Å². The molecule has 3 heterocycles. The summed E-state index contributed by atoms with van der Waals surface area (Å²) in [5.41, 5.74) is 1.09. The highest BCUT2D eigenvalue weighted by Crippen LogP contribution is 2.26. The van der Waals surface area contributed by atoms with Crippen LogP contribution in [0.3, 0.4) is 0 Å². The predicted octanol–water partition coefficient (Wildman–Crippen LogP) is 1.19. The molecule has 1 atom stereocenters. The molecular formula is C12H13N3O3S. The summed E-state index contributed by atoms with van der Waals surface area (Å²) in [4.78, 5) is 19.4. The van der Waals surface area contributed by atoms with Crippen LogP contribution in [-0.4, -0.2) is 45.5 Å². The molecule has 1 aliphatic heterocycles. The number of rotatable bonds is 2. The van der Waals surface area contributed by atoms with Gasteiger partial charge in [0.15, 0.2) is 5.69 Å². The molecule has 19 heavy (non-hydrogen) atoms. The molecule has 7 heteroatoms. The van der Waals surface area contributed by atoms with E-state index < -0.39 is 6.10 Å². The van der Waals surface area contributed by atoms with Crippen LogP contribution in [0.2, 0.25) is 0 Å². The highest BCUT2D eigenvalue weighted by molar-refractivity contribution is 7.15. The molecule has 0 bridgehead atoms. The van der Waals surface area contributed by atoms with Gasteiger partial charge in [-0.05, 0) is 25.1 Å². The summed E-state index contributed by atoms with van der Waals surface area (Å²) in [5, 5.41) is 17.3. The quantitative estimate of drug-likeness (QED) is 0.865. The summed E-state index contributed by atoms with van der Waals surface area (Å²) >= 11 is 1.63. The molecule has 0 aromatic carbocycles. The van der Waals surface area contributed by atoms with Gasteiger partial charge in [-0.2, -0.15) is 5.10 Å². The van der Waals surface area contributed by atoms with Crippen LogP contribution in [0.25, 0.3) is 10.6 Å². The van der Waals surface area contributed by atoms with E-state index >= 15 is 0 Å². The smallest absolute Gasteiger partial charge is 0.298 e. The molecule has 1 aliphatic rings. The number of nitrogens with zero attached hydrogens (tertiary/aromatic N) is 2. The molecule has 1 unspecified atom stereocenters. The van der Waals surface area contributed by atoms with Gasteiger partial charge in [0.2, 0.25) is 0 Å². The van der Waals surface area contributed by atoms with Crippen molar-refractivity contribution in [3.63, 3.8) is 0 Å². The maximum absolute atomic E-state index is 12.1. The third-order valence-corrected chi connectivity index (χ3v) is 3.86. The zero-order valence-electron chi connectivity index (χ0n) is 10.3. The van der Waals surface area contributed by atoms with Crippen molar-refractivity contribution in [1.29, 1.82) is 0 Å². The van der Waals surface area contributed by atoms with Crippen molar-refractivity contribution >= 4 is 17.2 Å². The van der Waals surface area contributed by atoms with Gasteiger partial charge >= 0.3 is 0 Å². The summed E-state index contributed by atoms with van der Waals surface area (Å²) in [6, 6.07) is 5.70. The monoisotopic (exact) mass is 279 g/mol. The number of hydrogen-bond acceptors (Lipinski definition) is 5. The molecule has 100 valence electrons. The van der Waals surface area contributed by atoms with Crippen LogP contribution in [0, 0.1) is 6.92 Å². The van der Waals surface area contributed by atoms with Gasteiger partial charge in [-0.15, -0.1) is 11.3 Å². The van der Waals surface area contributed by atoms with Gasteiger partial charge in [0.25, 0.3) is 5.91 Å². The van der Waals surface area contributed by atoms with E-state index in [9.17, 15) is 9.90 Å². The minimum atomic E-state index is -0.623. The number of β-amino-alcohol motifs (C(OH)–C–C–N with tert-alkyl or cyclic N) is 1. The van der Waals surface area contributed by atoms with E-state index in [4.69, 9.17) is 4.84 Å². The Labute approximate surface area is 113 Å². The summed E-state index contributed by atoms with van der Waals surface area (Å²) in [5.74, 6) is -0.340. The van der Waals surface area contributed by atoms with Crippen LogP contribution in [0.4, 0.5) is 0 Å². The number of H-pyrrole nitrogens is 1. The normalized spacial score (nSPS) is 19.1. The van der Waals surface area contributed by atoms with Crippen molar-refractivity contribution in [3.8, 4) is 10.6 Å². The molecule has 1 amide bonds. The second-order valence-corrected chi connectivity index (χ2v) is 5.68. The third-order valence-electron chi connectivity index (χ3n) is 2.83. The number of carbonyl (C=O) groups excluding carboxylic acids is 1. The summed E-state index contributed by atoms with van der Waals surface area (Å²) in [7, 11) is 0. The first kappa shape index (κ1) is 12.3. The average molecular weight is 279 g/mol. The summed E-state index contributed by atoms with van der Waals surface area (Å²) in [6.07, 6.45) is -0.623. The van der Waals surface area contributed by atoms with Gasteiger partial charge in [0.1, 0.15) is 12.7 Å². The van der Waals surface area contributed by atoms with Crippen molar-refractivity contribution in [2.45, 2.75) is 13.0 Å². The Morgan fingerprint density at radius 2 is 2.47 bits per heavy atom. The van der Waals surface area contributed by atoms with E-state index in [1.54, 1.807) is 17.4 Å². The lowest BCUT2D eigenvalue weighted by Crippen LogP contribution is -2.28. The maximum Gasteiger partial charge on any atom is 0.298 e. The Balaban J connectivity index is 1.79. The zero-order chi connectivity index (χ0) is 13.4. The lowest BCUT2D eigenvalue weighted by molar-refractivity contribution is -0.0783. The second kappa shape index (κ2) is 4.76. The fourth-order valence-electron chi connectivity index (χ4n) is 1.88. The minimum absolute atomic E-state index is 0.146. The molecule has 0 radical (unpaired) electrons. The van der Waals surface area contributed by atoms with Crippen molar-refractivity contribution in [3.05, 3.63) is 28.8 Å². The Morgan fingerprint density at radius 3 is 3.11 bits per heavy atom. The highest BCUT2D eigenvalue weighted by atomic mass is 32.1. The molecular weight excluding hydrogens is 266 g/mol. The number of hydrogen-bond donors (Lipinski definition) is 2. The number of nitrogens with one attached hydrogen (secondary N) is 1. The molecule has 0 saturated carbocycles. The van der Waals surface area contributed by atoms with Gasteiger partial charge in [-0.3, -0.25) is 14.7 Å². The number of aromatic nitrogens is 2.